The van der Waals surface area contributed by atoms with Crippen molar-refractivity contribution in [1.29, 1.82) is 0 Å². The van der Waals surface area contributed by atoms with Crippen LogP contribution in [0.25, 0.3) is 0 Å². The number of carbonyl (C=O) groups excluding carboxylic acids is 1. The third kappa shape index (κ3) is 3.66. The quantitative estimate of drug-likeness (QED) is 0.831. The number of piperidine rings is 1. The Morgan fingerprint density at radius 2 is 2.00 bits per heavy atom. The topological polar surface area (TPSA) is 41.1 Å². The standard InChI is InChI=1S/C17H23BrN2O.ClH/c18-15-6-4-14(5-7-15)17(8-2-9-17)16(21)20-12-13-3-1-10-19-11-13;/h4-7,13,19H,1-3,8-12H2,(H,20,21);1H. The summed E-state index contributed by atoms with van der Waals surface area (Å²) < 4.78 is 1.06. The number of rotatable bonds is 4. The molecule has 1 aromatic carbocycles. The lowest BCUT2D eigenvalue weighted by molar-refractivity contribution is -0.130. The molecule has 1 aromatic rings. The smallest absolute Gasteiger partial charge is 0.230 e. The minimum atomic E-state index is -0.275. The van der Waals surface area contributed by atoms with Gasteiger partial charge in [-0.25, -0.2) is 0 Å². The molecule has 1 unspecified atom stereocenters. The number of hydrogen-bond donors (Lipinski definition) is 2. The monoisotopic (exact) mass is 386 g/mol. The van der Waals surface area contributed by atoms with E-state index in [9.17, 15) is 4.79 Å². The Kier molecular flexibility index (Phi) is 6.30. The summed E-state index contributed by atoms with van der Waals surface area (Å²) in [5.41, 5.74) is 0.888. The van der Waals surface area contributed by atoms with Crippen LogP contribution in [0.15, 0.2) is 28.7 Å². The Bertz CT molecular complexity index is 496. The molecule has 2 N–H and O–H groups in total. The number of carbonyl (C=O) groups is 1. The highest BCUT2D eigenvalue weighted by atomic mass is 79.9. The van der Waals surface area contributed by atoms with Gasteiger partial charge >= 0.3 is 0 Å². The van der Waals surface area contributed by atoms with Crippen molar-refractivity contribution in [3.8, 4) is 0 Å². The fraction of sp³-hybridized carbons (Fsp3) is 0.588. The van der Waals surface area contributed by atoms with Gasteiger partial charge in [0.2, 0.25) is 5.91 Å². The van der Waals surface area contributed by atoms with Crippen LogP contribution in [-0.4, -0.2) is 25.5 Å². The van der Waals surface area contributed by atoms with Gasteiger partial charge in [-0.1, -0.05) is 34.5 Å². The molecule has 3 rings (SSSR count). The summed E-state index contributed by atoms with van der Waals surface area (Å²) in [6.45, 7) is 2.96. The molecule has 1 saturated carbocycles. The second-order valence-corrected chi connectivity index (χ2v) is 7.28. The van der Waals surface area contributed by atoms with E-state index in [1.807, 2.05) is 12.1 Å². The molecular weight excluding hydrogens is 364 g/mol. The van der Waals surface area contributed by atoms with Crippen molar-refractivity contribution in [2.75, 3.05) is 19.6 Å². The third-order valence-corrected chi connectivity index (χ3v) is 5.52. The number of hydrogen-bond acceptors (Lipinski definition) is 2. The zero-order valence-corrected chi connectivity index (χ0v) is 15.1. The van der Waals surface area contributed by atoms with Crippen molar-refractivity contribution in [3.05, 3.63) is 34.3 Å². The molecule has 5 heteroatoms. The molecule has 1 amide bonds. The lowest BCUT2D eigenvalue weighted by Crippen LogP contribution is -2.51. The molecule has 3 nitrogen and oxygen atoms in total. The molecule has 1 aliphatic heterocycles. The third-order valence-electron chi connectivity index (χ3n) is 4.99. The van der Waals surface area contributed by atoms with Crippen LogP contribution >= 0.6 is 28.3 Å². The number of halogens is 2. The molecule has 122 valence electrons. The van der Waals surface area contributed by atoms with Crippen LogP contribution in [0.3, 0.4) is 0 Å². The van der Waals surface area contributed by atoms with Gasteiger partial charge in [0.1, 0.15) is 0 Å². The van der Waals surface area contributed by atoms with Crippen LogP contribution in [-0.2, 0) is 10.2 Å². The van der Waals surface area contributed by atoms with Gasteiger partial charge in [0.25, 0.3) is 0 Å². The Morgan fingerprint density at radius 1 is 1.27 bits per heavy atom. The lowest BCUT2D eigenvalue weighted by atomic mass is 9.64. The SMILES string of the molecule is Cl.O=C(NCC1CCCNC1)C1(c2ccc(Br)cc2)CCC1. The fourth-order valence-electron chi connectivity index (χ4n) is 3.45. The van der Waals surface area contributed by atoms with Gasteiger partial charge in [0.05, 0.1) is 5.41 Å². The molecule has 1 aliphatic carbocycles. The van der Waals surface area contributed by atoms with Crippen molar-refractivity contribution < 1.29 is 4.79 Å². The summed E-state index contributed by atoms with van der Waals surface area (Å²) in [6.07, 6.45) is 5.54. The average Bonchev–Trinajstić information content (AvgIpc) is 2.47. The number of nitrogens with one attached hydrogen (secondary N) is 2. The summed E-state index contributed by atoms with van der Waals surface area (Å²) in [4.78, 5) is 12.7. The molecular formula is C17H24BrClN2O. The second-order valence-electron chi connectivity index (χ2n) is 6.36. The molecule has 1 atom stereocenters. The zero-order valence-electron chi connectivity index (χ0n) is 12.7. The van der Waals surface area contributed by atoms with E-state index in [2.05, 4.69) is 38.7 Å². The summed E-state index contributed by atoms with van der Waals surface area (Å²) in [5.74, 6) is 0.811. The highest BCUT2D eigenvalue weighted by molar-refractivity contribution is 9.10. The van der Waals surface area contributed by atoms with E-state index in [4.69, 9.17) is 0 Å². The van der Waals surface area contributed by atoms with E-state index in [1.165, 1.54) is 12.8 Å². The van der Waals surface area contributed by atoms with Crippen LogP contribution in [0.1, 0.15) is 37.7 Å². The summed E-state index contributed by atoms with van der Waals surface area (Å²) in [7, 11) is 0. The Balaban J connectivity index is 0.00000176. The molecule has 0 spiro atoms. The van der Waals surface area contributed by atoms with E-state index in [0.717, 1.165) is 48.9 Å². The summed E-state index contributed by atoms with van der Waals surface area (Å²) in [6, 6.07) is 8.25. The average molecular weight is 388 g/mol. The van der Waals surface area contributed by atoms with Gasteiger partial charge in [-0.2, -0.15) is 0 Å². The molecule has 0 bridgehead atoms. The van der Waals surface area contributed by atoms with Crippen molar-refractivity contribution in [2.45, 2.75) is 37.5 Å². The summed E-state index contributed by atoms with van der Waals surface area (Å²) >= 11 is 3.46. The first-order valence-electron chi connectivity index (χ1n) is 7.96. The maximum absolute atomic E-state index is 12.7. The first-order valence-corrected chi connectivity index (χ1v) is 8.75. The predicted octanol–water partition coefficient (Wildman–Crippen LogP) is 3.41. The van der Waals surface area contributed by atoms with Crippen molar-refractivity contribution in [3.63, 3.8) is 0 Å². The highest BCUT2D eigenvalue weighted by Gasteiger charge is 2.45. The van der Waals surface area contributed by atoms with Gasteiger partial charge < -0.3 is 10.6 Å². The lowest BCUT2D eigenvalue weighted by Gasteiger charge is -2.41. The number of benzene rings is 1. The molecule has 0 aromatic heterocycles. The minimum absolute atomic E-state index is 0. The van der Waals surface area contributed by atoms with Gasteiger partial charge in [0, 0.05) is 11.0 Å². The second kappa shape index (κ2) is 7.80. The molecule has 22 heavy (non-hydrogen) atoms. The highest BCUT2D eigenvalue weighted by Crippen LogP contribution is 2.44. The van der Waals surface area contributed by atoms with Crippen molar-refractivity contribution >= 4 is 34.2 Å². The van der Waals surface area contributed by atoms with Crippen LogP contribution < -0.4 is 10.6 Å². The maximum Gasteiger partial charge on any atom is 0.230 e. The summed E-state index contributed by atoms with van der Waals surface area (Å²) in [5, 5.41) is 6.62. The zero-order chi connectivity index (χ0) is 14.7. The van der Waals surface area contributed by atoms with Gasteiger partial charge in [0.15, 0.2) is 0 Å². The van der Waals surface area contributed by atoms with Gasteiger partial charge in [-0.3, -0.25) is 4.79 Å². The van der Waals surface area contributed by atoms with E-state index in [-0.39, 0.29) is 23.7 Å². The van der Waals surface area contributed by atoms with Crippen LogP contribution in [0.2, 0.25) is 0 Å². The van der Waals surface area contributed by atoms with E-state index in [0.29, 0.717) is 5.92 Å². The fourth-order valence-corrected chi connectivity index (χ4v) is 3.71. The van der Waals surface area contributed by atoms with Crippen LogP contribution in [0, 0.1) is 5.92 Å². The molecule has 1 saturated heterocycles. The van der Waals surface area contributed by atoms with Crippen LogP contribution in [0.4, 0.5) is 0 Å². The Morgan fingerprint density at radius 3 is 2.55 bits per heavy atom. The largest absolute Gasteiger partial charge is 0.355 e. The van der Waals surface area contributed by atoms with Crippen LogP contribution in [0.5, 0.6) is 0 Å². The molecule has 2 aliphatic rings. The molecule has 2 fully saturated rings. The maximum atomic E-state index is 12.7. The van der Waals surface area contributed by atoms with Crippen molar-refractivity contribution in [1.82, 2.24) is 10.6 Å². The normalized spacial score (nSPS) is 23.0. The Labute approximate surface area is 147 Å². The minimum Gasteiger partial charge on any atom is -0.355 e. The van der Waals surface area contributed by atoms with E-state index < -0.39 is 0 Å². The van der Waals surface area contributed by atoms with Crippen molar-refractivity contribution in [2.24, 2.45) is 5.92 Å². The van der Waals surface area contributed by atoms with E-state index >= 15 is 0 Å². The first-order chi connectivity index (χ1) is 10.2. The molecule has 1 heterocycles. The predicted molar refractivity (Wildman–Crippen MR) is 95.5 cm³/mol. The first kappa shape index (κ1) is 17.8. The number of amides is 1. The van der Waals surface area contributed by atoms with Gasteiger partial charge in [-0.15, -0.1) is 12.4 Å². The van der Waals surface area contributed by atoms with Gasteiger partial charge in [-0.05, 0) is 62.4 Å². The molecule has 0 radical (unpaired) electrons. The van der Waals surface area contributed by atoms with E-state index in [1.54, 1.807) is 0 Å². The Hall–Kier alpha value is -0.580.